The highest BCUT2D eigenvalue weighted by molar-refractivity contribution is 5.90. The van der Waals surface area contributed by atoms with Gasteiger partial charge in [0.25, 0.3) is 0 Å². The van der Waals surface area contributed by atoms with Crippen molar-refractivity contribution in [3.63, 3.8) is 0 Å². The average molecular weight is 336 g/mol. The van der Waals surface area contributed by atoms with Gasteiger partial charge in [-0.3, -0.25) is 0 Å². The minimum atomic E-state index is -0.724. The molecule has 0 bridgehead atoms. The van der Waals surface area contributed by atoms with Crippen LogP contribution in [0.25, 0.3) is 0 Å². The van der Waals surface area contributed by atoms with E-state index in [1.807, 2.05) is 60.7 Å². The van der Waals surface area contributed by atoms with Crippen molar-refractivity contribution >= 4 is 5.97 Å². The predicted octanol–water partition coefficient (Wildman–Crippen LogP) is 4.78. The second kappa shape index (κ2) is 7.62. The predicted molar refractivity (Wildman–Crippen MR) is 93.1 cm³/mol. The topological polar surface area (TPSA) is 35.5 Å². The molecule has 0 unspecified atom stereocenters. The molecule has 0 aromatic heterocycles. The molecule has 0 spiro atoms. The van der Waals surface area contributed by atoms with Crippen molar-refractivity contribution < 1.29 is 18.7 Å². The number of carbonyl (C=O) groups is 1. The van der Waals surface area contributed by atoms with Crippen LogP contribution in [0.1, 0.15) is 27.6 Å². The lowest BCUT2D eigenvalue weighted by Crippen LogP contribution is -2.14. The van der Waals surface area contributed by atoms with E-state index in [2.05, 4.69) is 0 Å². The van der Waals surface area contributed by atoms with Gasteiger partial charge >= 0.3 is 5.97 Å². The second-order valence-corrected chi connectivity index (χ2v) is 5.45. The molecule has 3 aromatic rings. The SMILES string of the molecule is COc1ccc(C(=O)OC(c2ccccc2)c2ccccc2)c(F)c1. The molecule has 0 saturated carbocycles. The van der Waals surface area contributed by atoms with Gasteiger partial charge in [0, 0.05) is 6.07 Å². The molecule has 0 radical (unpaired) electrons. The van der Waals surface area contributed by atoms with Crippen molar-refractivity contribution in [2.24, 2.45) is 0 Å². The zero-order valence-electron chi connectivity index (χ0n) is 13.7. The third-order valence-corrected chi connectivity index (χ3v) is 3.83. The first kappa shape index (κ1) is 16.7. The largest absolute Gasteiger partial charge is 0.497 e. The van der Waals surface area contributed by atoms with Gasteiger partial charge in [0.2, 0.25) is 0 Å². The number of benzene rings is 3. The average Bonchev–Trinajstić information content (AvgIpc) is 2.67. The number of hydrogen-bond acceptors (Lipinski definition) is 3. The molecule has 0 atom stereocenters. The Morgan fingerprint density at radius 2 is 1.44 bits per heavy atom. The summed E-state index contributed by atoms with van der Waals surface area (Å²) in [6.07, 6.45) is -0.614. The van der Waals surface area contributed by atoms with Crippen LogP contribution < -0.4 is 4.74 Å². The molecule has 126 valence electrons. The van der Waals surface area contributed by atoms with Gasteiger partial charge in [-0.2, -0.15) is 0 Å². The van der Waals surface area contributed by atoms with Crippen LogP contribution in [0.3, 0.4) is 0 Å². The first-order valence-corrected chi connectivity index (χ1v) is 7.83. The van der Waals surface area contributed by atoms with E-state index in [-0.39, 0.29) is 5.56 Å². The van der Waals surface area contributed by atoms with Crippen LogP contribution in [0.15, 0.2) is 78.9 Å². The van der Waals surface area contributed by atoms with Gasteiger partial charge in [0.15, 0.2) is 6.10 Å². The van der Waals surface area contributed by atoms with Crippen LogP contribution in [0.2, 0.25) is 0 Å². The molecule has 0 fully saturated rings. The molecule has 0 heterocycles. The quantitative estimate of drug-likeness (QED) is 0.629. The Bertz CT molecular complexity index is 808. The van der Waals surface area contributed by atoms with E-state index in [0.29, 0.717) is 5.75 Å². The van der Waals surface area contributed by atoms with Crippen LogP contribution in [-0.4, -0.2) is 13.1 Å². The molecule has 4 heteroatoms. The number of rotatable bonds is 5. The van der Waals surface area contributed by atoms with Gasteiger partial charge < -0.3 is 9.47 Å². The standard InChI is InChI=1S/C21H17FO3/c1-24-17-12-13-18(19(22)14-17)21(23)25-20(15-8-4-2-5-9-15)16-10-6-3-7-11-16/h2-14,20H,1H3. The number of ether oxygens (including phenoxy) is 2. The van der Waals surface area contributed by atoms with Gasteiger partial charge in [-0.1, -0.05) is 60.7 Å². The molecule has 0 N–H and O–H groups in total. The fraction of sp³-hybridized carbons (Fsp3) is 0.0952. The minimum absolute atomic E-state index is 0.127. The highest BCUT2D eigenvalue weighted by Gasteiger charge is 2.22. The molecule has 3 rings (SSSR count). The third kappa shape index (κ3) is 3.86. The maximum Gasteiger partial charge on any atom is 0.342 e. The molecule has 25 heavy (non-hydrogen) atoms. The first-order valence-electron chi connectivity index (χ1n) is 7.83. The Morgan fingerprint density at radius 1 is 0.880 bits per heavy atom. The maximum atomic E-state index is 14.2. The fourth-order valence-electron chi connectivity index (χ4n) is 2.54. The maximum absolute atomic E-state index is 14.2. The van der Waals surface area contributed by atoms with E-state index >= 15 is 0 Å². The van der Waals surface area contributed by atoms with E-state index in [1.165, 1.54) is 19.2 Å². The Balaban J connectivity index is 1.92. The Kier molecular flexibility index (Phi) is 5.09. The number of esters is 1. The Hall–Kier alpha value is -3.14. The van der Waals surface area contributed by atoms with Crippen molar-refractivity contribution in [2.75, 3.05) is 7.11 Å². The first-order chi connectivity index (χ1) is 12.2. The molecular formula is C21H17FO3. The molecule has 3 nitrogen and oxygen atoms in total. The Morgan fingerprint density at radius 3 is 1.92 bits per heavy atom. The Labute approximate surface area is 145 Å². The van der Waals surface area contributed by atoms with Crippen LogP contribution in [0.5, 0.6) is 5.75 Å². The van der Waals surface area contributed by atoms with E-state index in [0.717, 1.165) is 17.2 Å². The highest BCUT2D eigenvalue weighted by atomic mass is 19.1. The normalized spacial score (nSPS) is 10.5. The zero-order valence-corrected chi connectivity index (χ0v) is 13.7. The summed E-state index contributed by atoms with van der Waals surface area (Å²) in [7, 11) is 1.44. The summed E-state index contributed by atoms with van der Waals surface area (Å²) in [6, 6.07) is 22.8. The summed E-state index contributed by atoms with van der Waals surface area (Å²) in [6.45, 7) is 0. The minimum Gasteiger partial charge on any atom is -0.497 e. The van der Waals surface area contributed by atoms with Crippen LogP contribution in [0, 0.1) is 5.82 Å². The van der Waals surface area contributed by atoms with Crippen molar-refractivity contribution in [1.29, 1.82) is 0 Å². The molecule has 0 saturated heterocycles. The van der Waals surface area contributed by atoms with Gasteiger partial charge in [-0.15, -0.1) is 0 Å². The van der Waals surface area contributed by atoms with Crippen LogP contribution in [0.4, 0.5) is 4.39 Å². The number of hydrogen-bond donors (Lipinski definition) is 0. The van der Waals surface area contributed by atoms with Crippen molar-refractivity contribution in [3.05, 3.63) is 101 Å². The molecule has 0 aliphatic heterocycles. The van der Waals surface area contributed by atoms with E-state index in [4.69, 9.17) is 9.47 Å². The molecular weight excluding hydrogens is 319 g/mol. The third-order valence-electron chi connectivity index (χ3n) is 3.83. The highest BCUT2D eigenvalue weighted by Crippen LogP contribution is 2.28. The van der Waals surface area contributed by atoms with Gasteiger partial charge in [0.1, 0.15) is 11.6 Å². The second-order valence-electron chi connectivity index (χ2n) is 5.45. The van der Waals surface area contributed by atoms with Crippen molar-refractivity contribution in [1.82, 2.24) is 0 Å². The molecule has 0 aliphatic carbocycles. The number of halogens is 1. The summed E-state index contributed by atoms with van der Waals surface area (Å²) in [5.74, 6) is -1.06. The van der Waals surface area contributed by atoms with E-state index in [9.17, 15) is 9.18 Å². The zero-order chi connectivity index (χ0) is 17.6. The summed E-state index contributed by atoms with van der Waals surface area (Å²) >= 11 is 0. The van der Waals surface area contributed by atoms with Gasteiger partial charge in [-0.25, -0.2) is 9.18 Å². The van der Waals surface area contributed by atoms with Gasteiger partial charge in [-0.05, 0) is 23.3 Å². The fourth-order valence-corrected chi connectivity index (χ4v) is 2.54. The van der Waals surface area contributed by atoms with Crippen LogP contribution >= 0.6 is 0 Å². The van der Waals surface area contributed by atoms with E-state index < -0.39 is 17.9 Å². The molecule has 0 amide bonds. The monoisotopic (exact) mass is 336 g/mol. The van der Waals surface area contributed by atoms with Crippen LogP contribution in [-0.2, 0) is 4.74 Å². The molecule has 3 aromatic carbocycles. The summed E-state index contributed by atoms with van der Waals surface area (Å²) < 4.78 is 24.8. The molecule has 0 aliphatic rings. The summed E-state index contributed by atoms with van der Waals surface area (Å²) in [5.41, 5.74) is 1.50. The number of methoxy groups -OCH3 is 1. The lowest BCUT2D eigenvalue weighted by molar-refractivity contribution is 0.0372. The van der Waals surface area contributed by atoms with Crippen molar-refractivity contribution in [3.8, 4) is 5.75 Å². The summed E-state index contributed by atoms with van der Waals surface area (Å²) in [4.78, 5) is 12.5. The summed E-state index contributed by atoms with van der Waals surface area (Å²) in [5, 5.41) is 0. The lowest BCUT2D eigenvalue weighted by Gasteiger charge is -2.19. The lowest BCUT2D eigenvalue weighted by atomic mass is 10.0. The number of carbonyl (C=O) groups excluding carboxylic acids is 1. The smallest absolute Gasteiger partial charge is 0.342 e. The van der Waals surface area contributed by atoms with Crippen molar-refractivity contribution in [2.45, 2.75) is 6.10 Å². The van der Waals surface area contributed by atoms with Gasteiger partial charge in [0.05, 0.1) is 12.7 Å². The van der Waals surface area contributed by atoms with E-state index in [1.54, 1.807) is 0 Å².